The molecular weight excluding hydrogens is 264 g/mol. The van der Waals surface area contributed by atoms with Crippen LogP contribution in [0, 0.1) is 0 Å². The fourth-order valence-corrected chi connectivity index (χ4v) is 1.87. The van der Waals surface area contributed by atoms with E-state index in [1.165, 1.54) is 11.3 Å². The smallest absolute Gasteiger partial charge is 0.166 e. The van der Waals surface area contributed by atoms with Gasteiger partial charge in [0.1, 0.15) is 10.7 Å². The number of rotatable bonds is 2. The summed E-state index contributed by atoms with van der Waals surface area (Å²) in [5, 5.41) is 9.55. The molecule has 0 aliphatic carbocycles. The normalized spacial score (nSPS) is 10.4. The van der Waals surface area contributed by atoms with Crippen molar-refractivity contribution in [2.24, 2.45) is 5.73 Å². The van der Waals surface area contributed by atoms with Crippen LogP contribution in [0.4, 0.5) is 0 Å². The van der Waals surface area contributed by atoms with Gasteiger partial charge in [0.15, 0.2) is 5.01 Å². The molecule has 0 aromatic carbocycles. The molecule has 0 saturated carbocycles. The van der Waals surface area contributed by atoms with Crippen LogP contribution in [0.25, 0.3) is 10.7 Å². The lowest BCUT2D eigenvalue weighted by molar-refractivity contribution is 0.958. The van der Waals surface area contributed by atoms with Crippen LogP contribution >= 0.6 is 27.3 Å². The number of pyridine rings is 1. The van der Waals surface area contributed by atoms with E-state index in [-0.39, 0.29) is 0 Å². The first-order valence-electron chi connectivity index (χ1n) is 3.94. The number of aromatic nitrogens is 3. The molecule has 2 N–H and O–H groups in total. The molecule has 6 heteroatoms. The van der Waals surface area contributed by atoms with Crippen LogP contribution in [0.15, 0.2) is 22.8 Å². The fourth-order valence-electron chi connectivity index (χ4n) is 0.942. The molecule has 2 rings (SSSR count). The summed E-state index contributed by atoms with van der Waals surface area (Å²) in [6.07, 6.45) is 1.73. The molecule has 0 aliphatic heterocycles. The SMILES string of the molecule is NCc1nnc(-c2ccc(Br)cn2)s1. The molecule has 0 aliphatic rings. The average Bonchev–Trinajstić information content (AvgIpc) is 2.67. The van der Waals surface area contributed by atoms with E-state index in [4.69, 9.17) is 5.73 Å². The molecule has 0 unspecified atom stereocenters. The lowest BCUT2D eigenvalue weighted by atomic mass is 10.4. The van der Waals surface area contributed by atoms with Gasteiger partial charge in [-0.05, 0) is 28.1 Å². The van der Waals surface area contributed by atoms with Crippen LogP contribution in [0.3, 0.4) is 0 Å². The van der Waals surface area contributed by atoms with Gasteiger partial charge in [-0.1, -0.05) is 11.3 Å². The lowest BCUT2D eigenvalue weighted by Gasteiger charge is -1.93. The summed E-state index contributed by atoms with van der Waals surface area (Å²) < 4.78 is 0.949. The van der Waals surface area contributed by atoms with Gasteiger partial charge in [0.2, 0.25) is 0 Å². The Morgan fingerprint density at radius 3 is 2.79 bits per heavy atom. The number of nitrogens with zero attached hydrogens (tertiary/aromatic N) is 3. The molecule has 4 nitrogen and oxygen atoms in total. The van der Waals surface area contributed by atoms with E-state index in [0.29, 0.717) is 6.54 Å². The minimum absolute atomic E-state index is 0.425. The standard InChI is InChI=1S/C8H7BrN4S/c9-5-1-2-6(11-4-5)8-13-12-7(3-10)14-8/h1-2,4H,3,10H2. The summed E-state index contributed by atoms with van der Waals surface area (Å²) in [5.74, 6) is 0. The predicted octanol–water partition coefficient (Wildman–Crippen LogP) is 1.82. The summed E-state index contributed by atoms with van der Waals surface area (Å²) in [6, 6.07) is 3.82. The van der Waals surface area contributed by atoms with Crippen molar-refractivity contribution in [2.75, 3.05) is 0 Å². The van der Waals surface area contributed by atoms with Crippen molar-refractivity contribution in [3.63, 3.8) is 0 Å². The van der Waals surface area contributed by atoms with Gasteiger partial charge < -0.3 is 5.73 Å². The van der Waals surface area contributed by atoms with E-state index in [2.05, 4.69) is 31.1 Å². The third kappa shape index (κ3) is 1.97. The van der Waals surface area contributed by atoms with E-state index >= 15 is 0 Å². The molecule has 2 heterocycles. The minimum atomic E-state index is 0.425. The Labute approximate surface area is 93.3 Å². The van der Waals surface area contributed by atoms with Crippen LogP contribution in [-0.4, -0.2) is 15.2 Å². The second-order valence-electron chi connectivity index (χ2n) is 2.57. The van der Waals surface area contributed by atoms with E-state index < -0.39 is 0 Å². The summed E-state index contributed by atoms with van der Waals surface area (Å²) in [4.78, 5) is 4.22. The zero-order chi connectivity index (χ0) is 9.97. The van der Waals surface area contributed by atoms with Crippen molar-refractivity contribution in [3.05, 3.63) is 27.8 Å². The monoisotopic (exact) mass is 270 g/mol. The fraction of sp³-hybridized carbons (Fsp3) is 0.125. The molecular formula is C8H7BrN4S. The topological polar surface area (TPSA) is 64.7 Å². The van der Waals surface area contributed by atoms with Gasteiger partial charge >= 0.3 is 0 Å². The Balaban J connectivity index is 2.34. The highest BCUT2D eigenvalue weighted by atomic mass is 79.9. The van der Waals surface area contributed by atoms with Crippen LogP contribution in [-0.2, 0) is 6.54 Å². The largest absolute Gasteiger partial charge is 0.324 e. The Hall–Kier alpha value is -0.850. The van der Waals surface area contributed by atoms with Crippen molar-refractivity contribution in [2.45, 2.75) is 6.54 Å². The Kier molecular flexibility index (Phi) is 2.85. The molecule has 0 bridgehead atoms. The second-order valence-corrected chi connectivity index (χ2v) is 4.54. The molecule has 0 amide bonds. The highest BCUT2D eigenvalue weighted by Crippen LogP contribution is 2.22. The van der Waals surface area contributed by atoms with Crippen LogP contribution in [0.5, 0.6) is 0 Å². The molecule has 2 aromatic rings. The van der Waals surface area contributed by atoms with Crippen LogP contribution < -0.4 is 5.73 Å². The lowest BCUT2D eigenvalue weighted by Crippen LogP contribution is -1.94. The number of hydrogen-bond donors (Lipinski definition) is 1. The third-order valence-electron chi connectivity index (χ3n) is 1.59. The summed E-state index contributed by atoms with van der Waals surface area (Å²) >= 11 is 4.79. The van der Waals surface area contributed by atoms with Crippen molar-refractivity contribution in [1.29, 1.82) is 0 Å². The number of halogens is 1. The first-order valence-corrected chi connectivity index (χ1v) is 5.55. The van der Waals surface area contributed by atoms with E-state index in [9.17, 15) is 0 Å². The maximum absolute atomic E-state index is 5.45. The molecule has 0 atom stereocenters. The van der Waals surface area contributed by atoms with Crippen molar-refractivity contribution in [1.82, 2.24) is 15.2 Å². The summed E-state index contributed by atoms with van der Waals surface area (Å²) in [7, 11) is 0. The molecule has 0 spiro atoms. The van der Waals surface area contributed by atoms with Gasteiger partial charge in [-0.3, -0.25) is 4.98 Å². The van der Waals surface area contributed by atoms with Crippen molar-refractivity contribution in [3.8, 4) is 10.7 Å². The van der Waals surface area contributed by atoms with Gasteiger partial charge in [-0.25, -0.2) is 0 Å². The summed E-state index contributed by atoms with van der Waals surface area (Å²) in [5.41, 5.74) is 6.27. The third-order valence-corrected chi connectivity index (χ3v) is 3.03. The minimum Gasteiger partial charge on any atom is -0.324 e. The first-order chi connectivity index (χ1) is 6.79. The van der Waals surface area contributed by atoms with Crippen LogP contribution in [0.1, 0.15) is 5.01 Å². The van der Waals surface area contributed by atoms with E-state index in [0.717, 1.165) is 20.2 Å². The zero-order valence-electron chi connectivity index (χ0n) is 7.14. The zero-order valence-corrected chi connectivity index (χ0v) is 9.55. The second kappa shape index (κ2) is 4.12. The Morgan fingerprint density at radius 1 is 1.36 bits per heavy atom. The number of hydrogen-bond acceptors (Lipinski definition) is 5. The molecule has 0 radical (unpaired) electrons. The Morgan fingerprint density at radius 2 is 2.21 bits per heavy atom. The Bertz CT molecular complexity index is 425. The van der Waals surface area contributed by atoms with Crippen molar-refractivity contribution < 1.29 is 0 Å². The number of nitrogens with two attached hydrogens (primary N) is 1. The highest BCUT2D eigenvalue weighted by Gasteiger charge is 2.05. The van der Waals surface area contributed by atoms with E-state index in [1.807, 2.05) is 12.1 Å². The summed E-state index contributed by atoms with van der Waals surface area (Å²) in [6.45, 7) is 0.425. The molecule has 2 aromatic heterocycles. The van der Waals surface area contributed by atoms with Gasteiger partial charge in [0.25, 0.3) is 0 Å². The quantitative estimate of drug-likeness (QED) is 0.904. The van der Waals surface area contributed by atoms with E-state index in [1.54, 1.807) is 6.20 Å². The average molecular weight is 271 g/mol. The van der Waals surface area contributed by atoms with Crippen molar-refractivity contribution >= 4 is 27.3 Å². The molecule has 72 valence electrons. The van der Waals surface area contributed by atoms with Gasteiger partial charge in [0, 0.05) is 17.2 Å². The molecule has 14 heavy (non-hydrogen) atoms. The maximum Gasteiger partial charge on any atom is 0.166 e. The van der Waals surface area contributed by atoms with Gasteiger partial charge in [-0.15, -0.1) is 10.2 Å². The molecule has 0 saturated heterocycles. The van der Waals surface area contributed by atoms with Gasteiger partial charge in [-0.2, -0.15) is 0 Å². The first kappa shape index (κ1) is 9.70. The molecule has 0 fully saturated rings. The highest BCUT2D eigenvalue weighted by molar-refractivity contribution is 9.10. The predicted molar refractivity (Wildman–Crippen MR) is 58.7 cm³/mol. The maximum atomic E-state index is 5.45. The van der Waals surface area contributed by atoms with Gasteiger partial charge in [0.05, 0.1) is 0 Å². The van der Waals surface area contributed by atoms with Crippen LogP contribution in [0.2, 0.25) is 0 Å².